The van der Waals surface area contributed by atoms with E-state index in [-0.39, 0.29) is 26.2 Å². The molecule has 0 unspecified atom stereocenters. The van der Waals surface area contributed by atoms with Gasteiger partial charge >= 0.3 is 26.2 Å². The summed E-state index contributed by atoms with van der Waals surface area (Å²) in [6.07, 6.45) is 6.73. The van der Waals surface area contributed by atoms with Gasteiger partial charge in [-0.05, 0) is 38.5 Å². The van der Waals surface area contributed by atoms with Crippen LogP contribution in [0.5, 0.6) is 0 Å². The molecule has 0 aromatic carbocycles. The average molecular weight is 620 g/mol. The zero-order valence-electron chi connectivity index (χ0n) is 20.3. The first-order valence-electron chi connectivity index (χ1n) is 11.0. The summed E-state index contributed by atoms with van der Waals surface area (Å²) in [5, 5.41) is 0. The maximum absolute atomic E-state index is 4.89. The predicted molar refractivity (Wildman–Crippen MR) is 156 cm³/mol. The van der Waals surface area contributed by atoms with Crippen LogP contribution >= 0.6 is 36.7 Å². The fraction of sp³-hybridized carbons (Fsp3) is 0.857. The Morgan fingerprint density at radius 3 is 0.645 bits per heavy atom. The van der Waals surface area contributed by atoms with Crippen molar-refractivity contribution < 1.29 is 26.2 Å². The van der Waals surface area contributed by atoms with Crippen LogP contribution in [-0.2, 0) is 64.1 Å². The molecule has 0 aromatic heterocycles. The second kappa shape index (κ2) is 29.2. The van der Waals surface area contributed by atoms with Gasteiger partial charge in [0.1, 0.15) is 0 Å². The van der Waals surface area contributed by atoms with Crippen LogP contribution in [0, 0.1) is 0 Å². The number of rotatable bonds is 12. The molecule has 0 N–H and O–H groups in total. The van der Waals surface area contributed by atoms with Gasteiger partial charge in [0.25, 0.3) is 0 Å². The third kappa shape index (κ3) is 27.3. The van der Waals surface area contributed by atoms with E-state index in [4.69, 9.17) is 74.5 Å². The van der Waals surface area contributed by atoms with Crippen molar-refractivity contribution in [3.63, 3.8) is 0 Å². The molecule has 0 aliphatic carbocycles. The molecule has 0 aromatic rings. The fourth-order valence-corrected chi connectivity index (χ4v) is 3.60. The van der Waals surface area contributed by atoms with E-state index in [1.165, 1.54) is 0 Å². The molecular weight excluding hydrogens is 578 g/mol. The Morgan fingerprint density at radius 2 is 0.581 bits per heavy atom. The second-order valence-electron chi connectivity index (χ2n) is 6.76. The minimum atomic E-state index is 0. The molecule has 0 saturated heterocycles. The van der Waals surface area contributed by atoms with Gasteiger partial charge in [0.05, 0.1) is 0 Å². The minimum absolute atomic E-state index is 0. The van der Waals surface area contributed by atoms with Crippen molar-refractivity contribution in [3.8, 4) is 0 Å². The minimum Gasteiger partial charge on any atom is -0.411 e. The maximum atomic E-state index is 4.89. The predicted octanol–water partition coefficient (Wildman–Crippen LogP) is 5.82. The molecule has 0 aliphatic rings. The Morgan fingerprint density at radius 1 is 0.452 bits per heavy atom. The monoisotopic (exact) mass is 618 g/mol. The van der Waals surface area contributed by atoms with Gasteiger partial charge in [-0.15, -0.1) is 0 Å². The van der Waals surface area contributed by atoms with Gasteiger partial charge in [-0.3, -0.25) is 0 Å². The van der Waals surface area contributed by atoms with Crippen molar-refractivity contribution in [1.82, 2.24) is 14.7 Å². The molecule has 3 nitrogen and oxygen atoms in total. The molecule has 0 spiro atoms. The maximum Gasteiger partial charge on any atom is 3.00 e. The molecule has 1 radical (unpaired) electrons. The molecule has 0 aliphatic heterocycles. The van der Waals surface area contributed by atoms with E-state index >= 15 is 0 Å². The summed E-state index contributed by atoms with van der Waals surface area (Å²) in [5.41, 5.74) is 0. The van der Waals surface area contributed by atoms with Crippen LogP contribution in [0.1, 0.15) is 80.1 Å². The first-order chi connectivity index (χ1) is 14.2. The van der Waals surface area contributed by atoms with E-state index < -0.39 is 0 Å². The second-order valence-corrected chi connectivity index (χ2v) is 9.85. The standard InChI is InChI=1S/3C7H15NS2.Zr/c3*1-3-5-8(6-4-2)7(9)10;/h3*3-6H2,1-2H3,(H,9,10);/q;;;+3/p-3. The van der Waals surface area contributed by atoms with Crippen LogP contribution in [-0.4, -0.2) is 66.9 Å². The molecule has 10 heteroatoms. The summed E-state index contributed by atoms with van der Waals surface area (Å²) in [5.74, 6) is 0. The topological polar surface area (TPSA) is 9.72 Å². The van der Waals surface area contributed by atoms with Crippen molar-refractivity contribution >= 4 is 87.5 Å². The Balaban J connectivity index is -0.000000174. The number of nitrogens with zero attached hydrogens (tertiary/aromatic N) is 3. The third-order valence-electron chi connectivity index (χ3n) is 3.74. The molecule has 0 bridgehead atoms. The van der Waals surface area contributed by atoms with Crippen LogP contribution in [0.4, 0.5) is 0 Å². The SMILES string of the molecule is CCCN(CCC)C(=S)[S-].CCCN(CCC)C(=S)[S-].CCCN(CCC)C(=S)[S-].[Zr+3]. The van der Waals surface area contributed by atoms with Crippen molar-refractivity contribution in [3.05, 3.63) is 0 Å². The average Bonchev–Trinajstić information content (AvgIpc) is 2.68. The number of hydrogen-bond acceptors (Lipinski definition) is 6. The van der Waals surface area contributed by atoms with Gasteiger partial charge in [0, 0.05) is 39.3 Å². The largest absolute Gasteiger partial charge is 3.00 e. The van der Waals surface area contributed by atoms with Crippen LogP contribution in [0.25, 0.3) is 0 Å². The summed E-state index contributed by atoms with van der Waals surface area (Å²) in [7, 11) is 0. The Bertz CT molecular complexity index is 362. The van der Waals surface area contributed by atoms with Gasteiger partial charge in [0.2, 0.25) is 0 Å². The van der Waals surface area contributed by atoms with Gasteiger partial charge < -0.3 is 89.2 Å². The molecule has 0 saturated carbocycles. The smallest absolute Gasteiger partial charge is 0.411 e. The van der Waals surface area contributed by atoms with Crippen molar-refractivity contribution in [1.29, 1.82) is 0 Å². The molecule has 0 atom stereocenters. The molecular formula is C21H42N3S6Zr. The van der Waals surface area contributed by atoms with E-state index in [0.29, 0.717) is 13.0 Å². The summed E-state index contributed by atoms with van der Waals surface area (Å²) >= 11 is 29.3. The summed E-state index contributed by atoms with van der Waals surface area (Å²) in [6.45, 7) is 18.9. The molecule has 0 heterocycles. The van der Waals surface area contributed by atoms with Crippen LogP contribution in [0.15, 0.2) is 0 Å². The Kier molecular flexibility index (Phi) is 37.2. The van der Waals surface area contributed by atoms with Crippen LogP contribution in [0.2, 0.25) is 0 Å². The summed E-state index contributed by atoms with van der Waals surface area (Å²) in [4.78, 5) is 6.22. The molecule has 0 fully saturated rings. The summed E-state index contributed by atoms with van der Waals surface area (Å²) in [6, 6.07) is 0. The molecule has 0 amide bonds. The van der Waals surface area contributed by atoms with E-state index in [1.807, 2.05) is 0 Å². The first kappa shape index (κ1) is 39.4. The first-order valence-corrected chi connectivity index (χ1v) is 13.5. The van der Waals surface area contributed by atoms with Gasteiger partial charge in [-0.2, -0.15) is 0 Å². The molecule has 181 valence electrons. The third-order valence-corrected chi connectivity index (χ3v) is 5.28. The van der Waals surface area contributed by atoms with Gasteiger partial charge in [-0.25, -0.2) is 0 Å². The number of thiocarbonyl (C=S) groups is 3. The quantitative estimate of drug-likeness (QED) is 0.196. The van der Waals surface area contributed by atoms with Gasteiger partial charge in [-0.1, -0.05) is 54.5 Å². The van der Waals surface area contributed by atoms with E-state index in [9.17, 15) is 0 Å². The van der Waals surface area contributed by atoms with Gasteiger partial charge in [0.15, 0.2) is 0 Å². The van der Waals surface area contributed by atoms with Crippen molar-refractivity contribution in [2.24, 2.45) is 0 Å². The van der Waals surface area contributed by atoms with Crippen LogP contribution in [0.3, 0.4) is 0 Å². The number of hydrogen-bond donors (Lipinski definition) is 0. The normalized spacial score (nSPS) is 9.10. The molecule has 31 heavy (non-hydrogen) atoms. The zero-order valence-corrected chi connectivity index (χ0v) is 27.6. The van der Waals surface area contributed by atoms with E-state index in [1.54, 1.807) is 0 Å². The van der Waals surface area contributed by atoms with Crippen LogP contribution < -0.4 is 0 Å². The van der Waals surface area contributed by atoms with E-state index in [2.05, 4.69) is 56.2 Å². The zero-order chi connectivity index (χ0) is 23.9. The van der Waals surface area contributed by atoms with Crippen molar-refractivity contribution in [2.45, 2.75) is 80.1 Å². The Labute approximate surface area is 245 Å². The molecule has 0 rings (SSSR count). The fourth-order valence-electron chi connectivity index (χ4n) is 2.50. The van der Waals surface area contributed by atoms with E-state index in [0.717, 1.165) is 77.8 Å². The summed E-state index contributed by atoms with van der Waals surface area (Å²) < 4.78 is 1.84. The Hall–Kier alpha value is 1.21. The van der Waals surface area contributed by atoms with Crippen molar-refractivity contribution in [2.75, 3.05) is 39.3 Å².